The summed E-state index contributed by atoms with van der Waals surface area (Å²) < 4.78 is 8.50. The van der Waals surface area contributed by atoms with Gasteiger partial charge in [0.2, 0.25) is 11.6 Å². The van der Waals surface area contributed by atoms with Gasteiger partial charge in [0, 0.05) is 8.95 Å². The number of benzene rings is 1. The zero-order chi connectivity index (χ0) is 20.6. The van der Waals surface area contributed by atoms with Crippen molar-refractivity contribution < 1.29 is 4.42 Å². The van der Waals surface area contributed by atoms with Crippen LogP contribution in [0.4, 0.5) is 0 Å². The van der Waals surface area contributed by atoms with Gasteiger partial charge in [-0.15, -0.1) is 10.2 Å². The smallest absolute Gasteiger partial charge is 0.392 e. The van der Waals surface area contributed by atoms with Gasteiger partial charge in [-0.05, 0) is 31.5 Å². The van der Waals surface area contributed by atoms with E-state index in [1.165, 1.54) is 4.68 Å². The van der Waals surface area contributed by atoms with Gasteiger partial charge in [-0.1, -0.05) is 31.9 Å². The van der Waals surface area contributed by atoms with Crippen LogP contribution in [0.5, 0.6) is 0 Å². The average molecular weight is 512 g/mol. The highest BCUT2D eigenvalue weighted by Gasteiger charge is 2.17. The van der Waals surface area contributed by atoms with Crippen molar-refractivity contribution in [2.75, 3.05) is 0 Å². The third-order valence-corrected chi connectivity index (χ3v) is 5.15. The van der Waals surface area contributed by atoms with Crippen LogP contribution >= 0.6 is 31.9 Å². The molecule has 10 nitrogen and oxygen atoms in total. The quantitative estimate of drug-likeness (QED) is 0.561. The molecule has 0 saturated carbocycles. The monoisotopic (exact) mass is 510 g/mol. The molecule has 0 aliphatic rings. The van der Waals surface area contributed by atoms with E-state index in [4.69, 9.17) is 9.68 Å². The summed E-state index contributed by atoms with van der Waals surface area (Å²) >= 11 is 6.83. The summed E-state index contributed by atoms with van der Waals surface area (Å²) in [6.45, 7) is 3.64. The molecule has 0 aliphatic carbocycles. The first-order chi connectivity index (χ1) is 13.2. The van der Waals surface area contributed by atoms with E-state index in [9.17, 15) is 14.4 Å². The molecule has 2 aromatic heterocycles. The van der Waals surface area contributed by atoms with Crippen LogP contribution in [0.25, 0.3) is 5.69 Å². The summed E-state index contributed by atoms with van der Waals surface area (Å²) in [6, 6.07) is 4.68. The fraction of sp³-hybridized carbons (Fsp3) is 0.250. The van der Waals surface area contributed by atoms with Gasteiger partial charge < -0.3 is 4.42 Å². The molecule has 1 N–H and O–H groups in total. The predicted molar refractivity (Wildman–Crippen MR) is 105 cm³/mol. The van der Waals surface area contributed by atoms with E-state index in [2.05, 4.69) is 42.1 Å². The summed E-state index contributed by atoms with van der Waals surface area (Å²) in [6.07, 6.45) is 0.216. The highest BCUT2D eigenvalue weighted by atomic mass is 79.9. The van der Waals surface area contributed by atoms with E-state index in [0.717, 1.165) is 10.2 Å². The Kier molecular flexibility index (Phi) is 5.48. The Bertz CT molecular complexity index is 1250. The first-order valence-corrected chi connectivity index (χ1v) is 9.50. The maximum Gasteiger partial charge on any atom is 0.437 e. The van der Waals surface area contributed by atoms with Crippen LogP contribution in [0.15, 0.2) is 39.9 Å². The van der Waals surface area contributed by atoms with Gasteiger partial charge in [0.1, 0.15) is 6.07 Å². The third-order valence-electron chi connectivity index (χ3n) is 3.73. The molecule has 0 radical (unpaired) electrons. The van der Waals surface area contributed by atoms with E-state index in [-0.39, 0.29) is 18.4 Å². The molecule has 0 spiro atoms. The van der Waals surface area contributed by atoms with E-state index in [0.29, 0.717) is 14.6 Å². The molecule has 144 valence electrons. The number of hydrogen-bond acceptors (Lipinski definition) is 7. The second kappa shape index (κ2) is 7.69. The van der Waals surface area contributed by atoms with Gasteiger partial charge in [-0.2, -0.15) is 14.6 Å². The summed E-state index contributed by atoms with van der Waals surface area (Å²) in [4.78, 5) is 37.4. The predicted octanol–water partition coefficient (Wildman–Crippen LogP) is 1.64. The first kappa shape index (κ1) is 20.0. The van der Waals surface area contributed by atoms with Gasteiger partial charge in [0.15, 0.2) is 0 Å². The number of hydrogen-bond donors (Lipinski definition) is 1. The third kappa shape index (κ3) is 3.76. The molecule has 12 heteroatoms. The highest BCUT2D eigenvalue weighted by molar-refractivity contribution is 9.11. The number of nitrogens with zero attached hydrogens (tertiary/aromatic N) is 5. The van der Waals surface area contributed by atoms with Crippen LogP contribution < -0.4 is 17.0 Å². The lowest BCUT2D eigenvalue weighted by Crippen LogP contribution is -2.33. The lowest BCUT2D eigenvalue weighted by atomic mass is 10.1. The minimum Gasteiger partial charge on any atom is -0.392 e. The number of aromatic nitrogens is 5. The Hall–Kier alpha value is -2.78. The zero-order valence-corrected chi connectivity index (χ0v) is 17.7. The largest absolute Gasteiger partial charge is 0.437 e. The number of H-pyrrole nitrogens is 1. The molecule has 28 heavy (non-hydrogen) atoms. The molecule has 0 atom stereocenters. The maximum absolute atomic E-state index is 12.1. The van der Waals surface area contributed by atoms with Crippen molar-refractivity contribution in [2.24, 2.45) is 0 Å². The topological polar surface area (TPSA) is 140 Å². The molecule has 0 bridgehead atoms. The summed E-state index contributed by atoms with van der Waals surface area (Å²) in [5.74, 6) is -0.305. The van der Waals surface area contributed by atoms with E-state index < -0.39 is 22.7 Å². The lowest BCUT2D eigenvalue weighted by Gasteiger charge is -2.10. The Morgan fingerprint density at radius 3 is 2.39 bits per heavy atom. The van der Waals surface area contributed by atoms with E-state index in [1.807, 2.05) is 18.8 Å². The number of nitrogens with one attached hydrogen (secondary N) is 1. The first-order valence-electron chi connectivity index (χ1n) is 7.91. The molecule has 1 aromatic carbocycles. The van der Waals surface area contributed by atoms with Crippen LogP contribution in [0, 0.1) is 11.3 Å². The molecule has 0 amide bonds. The van der Waals surface area contributed by atoms with Crippen molar-refractivity contribution >= 4 is 31.9 Å². The van der Waals surface area contributed by atoms with Crippen molar-refractivity contribution in [1.29, 1.82) is 5.26 Å². The molecule has 3 rings (SSSR count). The van der Waals surface area contributed by atoms with Crippen LogP contribution in [0.2, 0.25) is 0 Å². The minimum atomic E-state index is -0.853. The van der Waals surface area contributed by atoms with E-state index >= 15 is 0 Å². The normalized spacial score (nSPS) is 11.0. The standard InChI is InChI=1S/C16H12Br2N6O4/c1-7(2)23-16(27)28-13(22-23)5-9-10(17)3-8(4-11(9)18)24-15(26)20-14(25)12(6-19)21-24/h3-4,7H,5H2,1-2H3,(H,20,25,26). The molecule has 0 saturated heterocycles. The van der Waals surface area contributed by atoms with Crippen LogP contribution in [-0.4, -0.2) is 24.5 Å². The molecule has 0 unspecified atom stereocenters. The highest BCUT2D eigenvalue weighted by Crippen LogP contribution is 2.30. The fourth-order valence-corrected chi connectivity index (χ4v) is 3.85. The van der Waals surface area contributed by atoms with Gasteiger partial charge in [0.05, 0.1) is 18.2 Å². The number of nitriles is 1. The van der Waals surface area contributed by atoms with E-state index in [1.54, 1.807) is 18.2 Å². The Balaban J connectivity index is 2.04. The van der Waals surface area contributed by atoms with Crippen molar-refractivity contribution in [3.63, 3.8) is 0 Å². The second-order valence-electron chi connectivity index (χ2n) is 6.00. The molecular formula is C16H12Br2N6O4. The van der Waals surface area contributed by atoms with Gasteiger partial charge in [-0.25, -0.2) is 9.59 Å². The Labute approximate surface area is 173 Å². The van der Waals surface area contributed by atoms with Crippen molar-refractivity contribution in [2.45, 2.75) is 26.3 Å². The molecule has 0 fully saturated rings. The molecule has 3 aromatic rings. The van der Waals surface area contributed by atoms with Crippen molar-refractivity contribution in [1.82, 2.24) is 24.5 Å². The number of rotatable bonds is 4. The average Bonchev–Trinajstić information content (AvgIpc) is 2.99. The summed E-state index contributed by atoms with van der Waals surface area (Å²) in [5, 5.41) is 16.9. The van der Waals surface area contributed by atoms with Gasteiger partial charge in [-0.3, -0.25) is 9.78 Å². The number of halogens is 2. The summed E-state index contributed by atoms with van der Waals surface area (Å²) in [5.41, 5.74) is -1.03. The zero-order valence-electron chi connectivity index (χ0n) is 14.6. The lowest BCUT2D eigenvalue weighted by molar-refractivity contribution is 0.434. The summed E-state index contributed by atoms with van der Waals surface area (Å²) in [7, 11) is 0. The van der Waals surface area contributed by atoms with Gasteiger partial charge in [0.25, 0.3) is 5.56 Å². The second-order valence-corrected chi connectivity index (χ2v) is 7.70. The van der Waals surface area contributed by atoms with Crippen LogP contribution in [-0.2, 0) is 6.42 Å². The SMILES string of the molecule is CC(C)n1nc(Cc2c(Br)cc(-n3nc(C#N)c(=O)[nH]c3=O)cc2Br)oc1=O. The molecule has 0 aliphatic heterocycles. The molecule has 2 heterocycles. The van der Waals surface area contributed by atoms with Crippen LogP contribution in [0.3, 0.4) is 0 Å². The minimum absolute atomic E-state index is 0.133. The van der Waals surface area contributed by atoms with Crippen LogP contribution in [0.1, 0.15) is 37.0 Å². The van der Waals surface area contributed by atoms with Gasteiger partial charge >= 0.3 is 11.4 Å². The number of aromatic amines is 1. The molecular weight excluding hydrogens is 500 g/mol. The fourth-order valence-electron chi connectivity index (χ4n) is 2.41. The maximum atomic E-state index is 12.1. The van der Waals surface area contributed by atoms with Crippen molar-refractivity contribution in [3.8, 4) is 11.8 Å². The van der Waals surface area contributed by atoms with Crippen molar-refractivity contribution in [3.05, 3.63) is 69.6 Å². The Morgan fingerprint density at radius 1 is 1.21 bits per heavy atom. The Morgan fingerprint density at radius 2 is 1.86 bits per heavy atom.